The van der Waals surface area contributed by atoms with Crippen molar-refractivity contribution in [2.75, 3.05) is 18.5 Å². The van der Waals surface area contributed by atoms with Gasteiger partial charge in [-0.1, -0.05) is 12.1 Å². The van der Waals surface area contributed by atoms with Crippen molar-refractivity contribution in [3.05, 3.63) is 59.4 Å². The summed E-state index contributed by atoms with van der Waals surface area (Å²) in [5.41, 5.74) is 10.2. The molecule has 1 atom stereocenters. The fourth-order valence-electron chi connectivity index (χ4n) is 2.24. The van der Waals surface area contributed by atoms with Crippen LogP contribution in [-0.4, -0.2) is 29.2 Å². The Labute approximate surface area is 137 Å². The number of nitrogens with one attached hydrogen (secondary N) is 1. The van der Waals surface area contributed by atoms with Crippen LogP contribution >= 0.6 is 0 Å². The Morgan fingerprint density at radius 2 is 2.09 bits per heavy atom. The Balaban J connectivity index is 1.92. The Morgan fingerprint density at radius 3 is 2.74 bits per heavy atom. The van der Waals surface area contributed by atoms with E-state index in [2.05, 4.69) is 29.1 Å². The number of hydrogen-bond donors (Lipinski definition) is 3. The molecule has 0 spiro atoms. The number of aromatic nitrogens is 1. The fraction of sp³-hybridized carbons (Fsp3) is 0.333. The van der Waals surface area contributed by atoms with Crippen molar-refractivity contribution in [2.45, 2.75) is 20.3 Å². The highest BCUT2D eigenvalue weighted by Gasteiger charge is 2.09. The van der Waals surface area contributed by atoms with Crippen LogP contribution in [0.5, 0.6) is 0 Å². The number of aliphatic hydroxyl groups excluding tert-OH is 1. The van der Waals surface area contributed by atoms with E-state index in [0.717, 1.165) is 11.4 Å². The lowest BCUT2D eigenvalue weighted by molar-refractivity contribution is 0.229. The molecule has 1 aromatic heterocycles. The third kappa shape index (κ3) is 5.38. The van der Waals surface area contributed by atoms with Crippen LogP contribution < -0.4 is 11.1 Å². The lowest BCUT2D eigenvalue weighted by Crippen LogP contribution is -2.25. The van der Waals surface area contributed by atoms with Crippen molar-refractivity contribution in [2.24, 2.45) is 16.6 Å². The van der Waals surface area contributed by atoms with Crippen LogP contribution in [0.1, 0.15) is 16.8 Å². The van der Waals surface area contributed by atoms with E-state index in [0.29, 0.717) is 18.9 Å². The molecule has 1 unspecified atom stereocenters. The summed E-state index contributed by atoms with van der Waals surface area (Å²) in [6, 6.07) is 11.8. The van der Waals surface area contributed by atoms with Crippen molar-refractivity contribution < 1.29 is 5.11 Å². The van der Waals surface area contributed by atoms with Gasteiger partial charge in [-0.3, -0.25) is 9.98 Å². The van der Waals surface area contributed by atoms with Gasteiger partial charge in [-0.05, 0) is 55.7 Å². The normalized spacial score (nSPS) is 12.9. The summed E-state index contributed by atoms with van der Waals surface area (Å²) in [6.07, 6.45) is 2.43. The molecule has 0 aliphatic rings. The second-order valence-corrected chi connectivity index (χ2v) is 5.72. The van der Waals surface area contributed by atoms with E-state index in [1.165, 1.54) is 11.1 Å². The zero-order chi connectivity index (χ0) is 16.7. The largest absolute Gasteiger partial charge is 0.396 e. The molecule has 122 valence electrons. The summed E-state index contributed by atoms with van der Waals surface area (Å²) < 4.78 is 0. The summed E-state index contributed by atoms with van der Waals surface area (Å²) in [5, 5.41) is 12.6. The van der Waals surface area contributed by atoms with E-state index in [9.17, 15) is 5.11 Å². The number of aliphatic imine (C=N–C) groups is 1. The van der Waals surface area contributed by atoms with Crippen LogP contribution in [0.4, 0.5) is 5.69 Å². The molecule has 5 heteroatoms. The van der Waals surface area contributed by atoms with Crippen molar-refractivity contribution in [1.29, 1.82) is 0 Å². The molecule has 2 aromatic rings. The van der Waals surface area contributed by atoms with E-state index in [4.69, 9.17) is 5.73 Å². The van der Waals surface area contributed by atoms with Crippen molar-refractivity contribution in [1.82, 2.24) is 4.98 Å². The van der Waals surface area contributed by atoms with Crippen molar-refractivity contribution >= 4 is 11.6 Å². The molecule has 0 fully saturated rings. The first-order valence-electron chi connectivity index (χ1n) is 7.73. The highest BCUT2D eigenvalue weighted by Crippen LogP contribution is 2.14. The van der Waals surface area contributed by atoms with Crippen LogP contribution in [0.3, 0.4) is 0 Å². The summed E-state index contributed by atoms with van der Waals surface area (Å²) in [7, 11) is 0. The number of rotatable bonds is 6. The highest BCUT2D eigenvalue weighted by molar-refractivity contribution is 5.92. The molecule has 0 bridgehead atoms. The van der Waals surface area contributed by atoms with Gasteiger partial charge in [-0.25, -0.2) is 0 Å². The van der Waals surface area contributed by atoms with Gasteiger partial charge in [0.05, 0.1) is 0 Å². The van der Waals surface area contributed by atoms with Gasteiger partial charge in [0.1, 0.15) is 0 Å². The molecule has 2 rings (SSSR count). The van der Waals surface area contributed by atoms with E-state index >= 15 is 0 Å². The maximum atomic E-state index is 9.50. The van der Waals surface area contributed by atoms with Gasteiger partial charge in [-0.2, -0.15) is 0 Å². The lowest BCUT2D eigenvalue weighted by Gasteiger charge is -2.12. The average Bonchev–Trinajstić information content (AvgIpc) is 2.56. The van der Waals surface area contributed by atoms with Crippen LogP contribution in [0, 0.1) is 19.8 Å². The van der Waals surface area contributed by atoms with Gasteiger partial charge >= 0.3 is 0 Å². The fourth-order valence-corrected chi connectivity index (χ4v) is 2.24. The quantitative estimate of drug-likeness (QED) is 0.564. The zero-order valence-corrected chi connectivity index (χ0v) is 13.7. The van der Waals surface area contributed by atoms with E-state index < -0.39 is 0 Å². The minimum atomic E-state index is 0.00463. The molecule has 5 nitrogen and oxygen atoms in total. The molecule has 0 radical (unpaired) electrons. The Bertz CT molecular complexity index is 655. The van der Waals surface area contributed by atoms with E-state index in [1.807, 2.05) is 36.4 Å². The number of aryl methyl sites for hydroxylation is 2. The maximum Gasteiger partial charge on any atom is 0.193 e. The summed E-state index contributed by atoms with van der Waals surface area (Å²) in [5.74, 6) is 0.359. The number of benzene rings is 1. The van der Waals surface area contributed by atoms with Gasteiger partial charge in [0.25, 0.3) is 0 Å². The second kappa shape index (κ2) is 8.29. The van der Waals surface area contributed by atoms with Crippen molar-refractivity contribution in [3.8, 4) is 0 Å². The molecular weight excluding hydrogens is 288 g/mol. The Hall–Kier alpha value is -2.40. The molecule has 4 N–H and O–H groups in total. The SMILES string of the molecule is Cc1ccc(NC(N)=NCC(CO)Cc2ccccn2)cc1C. The third-order valence-corrected chi connectivity index (χ3v) is 3.78. The number of anilines is 1. The summed E-state index contributed by atoms with van der Waals surface area (Å²) >= 11 is 0. The lowest BCUT2D eigenvalue weighted by atomic mass is 10.0. The topological polar surface area (TPSA) is 83.5 Å². The smallest absolute Gasteiger partial charge is 0.193 e. The number of aliphatic hydroxyl groups is 1. The minimum Gasteiger partial charge on any atom is -0.396 e. The predicted octanol–water partition coefficient (Wildman–Crippen LogP) is 2.28. The number of hydrogen-bond acceptors (Lipinski definition) is 3. The first-order chi connectivity index (χ1) is 11.1. The van der Waals surface area contributed by atoms with Crippen molar-refractivity contribution in [3.63, 3.8) is 0 Å². The van der Waals surface area contributed by atoms with Crippen LogP contribution in [0.2, 0.25) is 0 Å². The Morgan fingerprint density at radius 1 is 1.26 bits per heavy atom. The average molecular weight is 312 g/mol. The molecule has 23 heavy (non-hydrogen) atoms. The number of nitrogens with zero attached hydrogens (tertiary/aromatic N) is 2. The van der Waals surface area contributed by atoms with Gasteiger partial charge < -0.3 is 16.2 Å². The summed E-state index contributed by atoms with van der Waals surface area (Å²) in [4.78, 5) is 8.61. The van der Waals surface area contributed by atoms with Crippen LogP contribution in [0.15, 0.2) is 47.6 Å². The molecule has 0 aliphatic heterocycles. The van der Waals surface area contributed by atoms with Gasteiger partial charge in [0.15, 0.2) is 5.96 Å². The third-order valence-electron chi connectivity index (χ3n) is 3.78. The molecule has 0 saturated carbocycles. The minimum absolute atomic E-state index is 0.00463. The number of pyridine rings is 1. The first-order valence-corrected chi connectivity index (χ1v) is 7.73. The van der Waals surface area contributed by atoms with Gasteiger partial charge in [0.2, 0.25) is 0 Å². The standard InChI is InChI=1S/C18H24N4O/c1-13-6-7-17(9-14(13)2)22-18(19)21-11-15(12-23)10-16-5-3-4-8-20-16/h3-9,15,23H,10-12H2,1-2H3,(H3,19,21,22). The van der Waals surface area contributed by atoms with Gasteiger partial charge in [0, 0.05) is 36.6 Å². The van der Waals surface area contributed by atoms with E-state index in [1.54, 1.807) is 6.20 Å². The first kappa shape index (κ1) is 17.0. The van der Waals surface area contributed by atoms with Crippen LogP contribution in [-0.2, 0) is 6.42 Å². The second-order valence-electron chi connectivity index (χ2n) is 5.72. The molecule has 1 heterocycles. The molecule has 0 aliphatic carbocycles. The van der Waals surface area contributed by atoms with Crippen LogP contribution in [0.25, 0.3) is 0 Å². The molecule has 0 amide bonds. The highest BCUT2D eigenvalue weighted by atomic mass is 16.3. The number of nitrogens with two attached hydrogens (primary N) is 1. The zero-order valence-electron chi connectivity index (χ0n) is 13.7. The maximum absolute atomic E-state index is 9.50. The summed E-state index contributed by atoms with van der Waals surface area (Å²) in [6.45, 7) is 4.64. The van der Waals surface area contributed by atoms with E-state index in [-0.39, 0.29) is 12.5 Å². The number of guanidine groups is 1. The molecular formula is C18H24N4O. The molecule has 0 saturated heterocycles. The molecule has 1 aromatic carbocycles. The Kier molecular flexibility index (Phi) is 6.11. The predicted molar refractivity (Wildman–Crippen MR) is 94.5 cm³/mol. The monoisotopic (exact) mass is 312 g/mol. The van der Waals surface area contributed by atoms with Gasteiger partial charge in [-0.15, -0.1) is 0 Å².